The molecule has 0 saturated carbocycles. The Kier molecular flexibility index (Phi) is 4.46. The van der Waals surface area contributed by atoms with Gasteiger partial charge < -0.3 is 10.2 Å². The van der Waals surface area contributed by atoms with E-state index in [9.17, 15) is 4.39 Å². The number of halogens is 1. The third kappa shape index (κ3) is 3.28. The second-order valence-corrected chi connectivity index (χ2v) is 5.27. The van der Waals surface area contributed by atoms with Gasteiger partial charge in [-0.25, -0.2) is 4.39 Å². The summed E-state index contributed by atoms with van der Waals surface area (Å²) in [6.45, 7) is 10.1. The first-order chi connectivity index (χ1) is 9.11. The van der Waals surface area contributed by atoms with Crippen LogP contribution in [0.1, 0.15) is 37.3 Å². The number of hydrogen-bond donors (Lipinski definition) is 1. The van der Waals surface area contributed by atoms with E-state index in [1.54, 1.807) is 6.07 Å². The first kappa shape index (κ1) is 13.9. The van der Waals surface area contributed by atoms with Crippen molar-refractivity contribution < 1.29 is 4.39 Å². The zero-order valence-electron chi connectivity index (χ0n) is 11.9. The highest BCUT2D eigenvalue weighted by molar-refractivity contribution is 5.26. The molecule has 1 atom stereocenters. The lowest BCUT2D eigenvalue weighted by Gasteiger charge is -2.28. The lowest BCUT2D eigenvalue weighted by molar-refractivity contribution is 0.292. The molecule has 1 aromatic rings. The zero-order chi connectivity index (χ0) is 13.8. The molecule has 0 spiro atoms. The van der Waals surface area contributed by atoms with Crippen molar-refractivity contribution >= 4 is 0 Å². The Bertz CT molecular complexity index is 456. The molecule has 0 amide bonds. The molecule has 104 valence electrons. The van der Waals surface area contributed by atoms with Crippen LogP contribution in [0.2, 0.25) is 0 Å². The monoisotopic (exact) mass is 262 g/mol. The third-order valence-electron chi connectivity index (χ3n) is 3.98. The predicted octanol–water partition coefficient (Wildman–Crippen LogP) is 3.57. The highest BCUT2D eigenvalue weighted by atomic mass is 19.1. The van der Waals surface area contributed by atoms with Gasteiger partial charge in [-0.2, -0.15) is 0 Å². The molecule has 1 heterocycles. The molecule has 1 aliphatic rings. The van der Waals surface area contributed by atoms with E-state index in [0.717, 1.165) is 29.9 Å². The van der Waals surface area contributed by atoms with Crippen LogP contribution in [0.3, 0.4) is 0 Å². The Hall–Kier alpha value is -1.51. The van der Waals surface area contributed by atoms with Gasteiger partial charge in [0.2, 0.25) is 0 Å². The topological polar surface area (TPSA) is 15.3 Å². The van der Waals surface area contributed by atoms with Crippen molar-refractivity contribution in [1.29, 1.82) is 0 Å². The normalized spacial score (nSPS) is 18.7. The molecule has 1 saturated heterocycles. The number of rotatable bonds is 5. The molecule has 1 aliphatic heterocycles. The van der Waals surface area contributed by atoms with Crippen LogP contribution in [0.5, 0.6) is 0 Å². The fourth-order valence-corrected chi connectivity index (χ4v) is 2.77. The van der Waals surface area contributed by atoms with Gasteiger partial charge in [0.15, 0.2) is 0 Å². The van der Waals surface area contributed by atoms with Crippen molar-refractivity contribution in [3.63, 3.8) is 0 Å². The van der Waals surface area contributed by atoms with E-state index in [2.05, 4.69) is 23.7 Å². The van der Waals surface area contributed by atoms with Crippen molar-refractivity contribution in [2.75, 3.05) is 6.54 Å². The second-order valence-electron chi connectivity index (χ2n) is 5.27. The molecular formula is C16H23FN2. The van der Waals surface area contributed by atoms with Gasteiger partial charge in [0.25, 0.3) is 0 Å². The van der Waals surface area contributed by atoms with Gasteiger partial charge in [-0.05, 0) is 49.4 Å². The summed E-state index contributed by atoms with van der Waals surface area (Å²) in [6, 6.07) is 5.54. The summed E-state index contributed by atoms with van der Waals surface area (Å²) < 4.78 is 13.0. The molecule has 1 N–H and O–H groups in total. The molecule has 0 aliphatic carbocycles. The summed E-state index contributed by atoms with van der Waals surface area (Å²) >= 11 is 0. The van der Waals surface area contributed by atoms with Crippen molar-refractivity contribution in [2.45, 2.75) is 45.7 Å². The lowest BCUT2D eigenvalue weighted by atomic mass is 10.1. The third-order valence-corrected chi connectivity index (χ3v) is 3.98. The molecular weight excluding hydrogens is 239 g/mol. The molecule has 2 nitrogen and oxygen atoms in total. The Labute approximate surface area is 115 Å². The minimum Gasteiger partial charge on any atom is -0.368 e. The van der Waals surface area contributed by atoms with Crippen LogP contribution in [0.15, 0.2) is 30.6 Å². The standard InChI is InChI=1S/C16H23FN2/c1-4-16-6-5-9-19(16)13(3)18-11-14-7-8-15(17)10-12(14)2/h7-8,10,16,18H,3-6,9,11H2,1-2H3/t16-/m1/s1. The number of likely N-dealkylation sites (tertiary alicyclic amines) is 1. The molecule has 0 aromatic heterocycles. The highest BCUT2D eigenvalue weighted by Crippen LogP contribution is 2.22. The van der Waals surface area contributed by atoms with Crippen LogP contribution in [0.25, 0.3) is 0 Å². The number of nitrogens with one attached hydrogen (secondary N) is 1. The number of hydrogen-bond acceptors (Lipinski definition) is 2. The van der Waals surface area contributed by atoms with Gasteiger partial charge >= 0.3 is 0 Å². The Morgan fingerprint density at radius 3 is 3.00 bits per heavy atom. The second kappa shape index (κ2) is 6.09. The van der Waals surface area contributed by atoms with Crippen LogP contribution in [0.4, 0.5) is 4.39 Å². The van der Waals surface area contributed by atoms with Gasteiger partial charge in [0.05, 0.1) is 5.82 Å². The first-order valence-electron chi connectivity index (χ1n) is 7.06. The SMILES string of the molecule is C=C(NCc1ccc(F)cc1C)N1CCC[C@H]1CC. The highest BCUT2D eigenvalue weighted by Gasteiger charge is 2.23. The summed E-state index contributed by atoms with van der Waals surface area (Å²) in [5.41, 5.74) is 2.10. The van der Waals surface area contributed by atoms with Crippen LogP contribution in [-0.4, -0.2) is 17.5 Å². The quantitative estimate of drug-likeness (QED) is 0.872. The molecule has 1 fully saturated rings. The van der Waals surface area contributed by atoms with Crippen molar-refractivity contribution in [1.82, 2.24) is 10.2 Å². The summed E-state index contributed by atoms with van der Waals surface area (Å²) in [6.07, 6.45) is 3.66. The van der Waals surface area contributed by atoms with Crippen molar-refractivity contribution in [2.24, 2.45) is 0 Å². The largest absolute Gasteiger partial charge is 0.368 e. The molecule has 1 aromatic carbocycles. The summed E-state index contributed by atoms with van der Waals surface area (Å²) in [5, 5.41) is 3.37. The van der Waals surface area contributed by atoms with Gasteiger partial charge in [0.1, 0.15) is 5.82 Å². The van der Waals surface area contributed by atoms with Gasteiger partial charge in [-0.15, -0.1) is 0 Å². The lowest BCUT2D eigenvalue weighted by Crippen LogP contribution is -2.34. The molecule has 2 rings (SSSR count). The molecule has 0 radical (unpaired) electrons. The van der Waals surface area contributed by atoms with Crippen LogP contribution in [0, 0.1) is 12.7 Å². The first-order valence-corrected chi connectivity index (χ1v) is 7.06. The van der Waals surface area contributed by atoms with E-state index >= 15 is 0 Å². The van der Waals surface area contributed by atoms with E-state index in [4.69, 9.17) is 0 Å². The zero-order valence-corrected chi connectivity index (χ0v) is 11.9. The fourth-order valence-electron chi connectivity index (χ4n) is 2.77. The smallest absolute Gasteiger partial charge is 0.123 e. The van der Waals surface area contributed by atoms with Crippen LogP contribution >= 0.6 is 0 Å². The minimum absolute atomic E-state index is 0.175. The molecule has 0 bridgehead atoms. The van der Waals surface area contributed by atoms with Crippen LogP contribution in [-0.2, 0) is 6.54 Å². The summed E-state index contributed by atoms with van der Waals surface area (Å²) in [5.74, 6) is 0.818. The van der Waals surface area contributed by atoms with Gasteiger partial charge in [0, 0.05) is 19.1 Å². The van der Waals surface area contributed by atoms with Gasteiger partial charge in [-0.1, -0.05) is 19.6 Å². The Morgan fingerprint density at radius 2 is 2.32 bits per heavy atom. The average Bonchev–Trinajstić information content (AvgIpc) is 2.85. The maximum Gasteiger partial charge on any atom is 0.123 e. The molecule has 19 heavy (non-hydrogen) atoms. The van der Waals surface area contributed by atoms with E-state index in [0.29, 0.717) is 12.6 Å². The Balaban J connectivity index is 1.93. The van der Waals surface area contributed by atoms with Crippen molar-refractivity contribution in [3.8, 4) is 0 Å². The van der Waals surface area contributed by atoms with E-state index in [-0.39, 0.29) is 5.82 Å². The van der Waals surface area contributed by atoms with E-state index in [1.807, 2.05) is 13.0 Å². The number of benzene rings is 1. The molecule has 0 unspecified atom stereocenters. The van der Waals surface area contributed by atoms with Gasteiger partial charge in [-0.3, -0.25) is 0 Å². The van der Waals surface area contributed by atoms with E-state index < -0.39 is 0 Å². The molecule has 3 heteroatoms. The fraction of sp³-hybridized carbons (Fsp3) is 0.500. The maximum absolute atomic E-state index is 13.0. The number of aryl methyl sites for hydroxylation is 1. The predicted molar refractivity (Wildman–Crippen MR) is 77.1 cm³/mol. The summed E-state index contributed by atoms with van der Waals surface area (Å²) in [4.78, 5) is 2.36. The summed E-state index contributed by atoms with van der Waals surface area (Å²) in [7, 11) is 0. The van der Waals surface area contributed by atoms with Crippen LogP contribution < -0.4 is 5.32 Å². The Morgan fingerprint density at radius 1 is 1.53 bits per heavy atom. The van der Waals surface area contributed by atoms with Crippen molar-refractivity contribution in [3.05, 3.63) is 47.5 Å². The average molecular weight is 262 g/mol. The number of nitrogens with zero attached hydrogens (tertiary/aromatic N) is 1. The van der Waals surface area contributed by atoms with E-state index in [1.165, 1.54) is 18.9 Å². The maximum atomic E-state index is 13.0. The minimum atomic E-state index is -0.175.